The van der Waals surface area contributed by atoms with Gasteiger partial charge in [0.2, 0.25) is 70.9 Å². The summed E-state index contributed by atoms with van der Waals surface area (Å²) in [5.74, 6) is -10.9. The molecule has 2 heterocycles. The molecular weight excluding hydrogens is 1360 g/mol. The van der Waals surface area contributed by atoms with Crippen molar-refractivity contribution in [2.75, 3.05) is 82.1 Å². The number of halogens is 1. The molecule has 0 aromatic heterocycles. The fourth-order valence-corrected chi connectivity index (χ4v) is 12.5. The monoisotopic (exact) mass is 1470 g/mol. The minimum Gasteiger partial charge on any atom is -0.481 e. The van der Waals surface area contributed by atoms with Gasteiger partial charge >= 0.3 is 5.97 Å². The normalized spacial score (nSPS) is 23.8. The Morgan fingerprint density at radius 1 is 0.557 bits per heavy atom. The van der Waals surface area contributed by atoms with E-state index in [-0.39, 0.29) is 43.9 Å². The van der Waals surface area contributed by atoms with Crippen LogP contribution in [-0.2, 0) is 75.2 Å². The van der Waals surface area contributed by atoms with E-state index in [0.717, 1.165) is 40.1 Å². The van der Waals surface area contributed by atoms with Gasteiger partial charge in [0, 0.05) is 85.3 Å². The fraction of sp³-hybridized carbons (Fsp3) is 0.643. The SMILES string of the molecule is CCCC[C@@H]1NC(=O)[C@H](Cc2cccc(I)c2)NC(=O)CN(C)C(=O)[C@@H](Cc2ccc(C)cc2)N(C)C(=O)CN(C)C(=O)CN(C)C(=O)[C@H]([C@@H](C)CC)NC(=O)[C@H](CC(C)C)N(C)C(=O)C[C@@H](C(=O)N2CCCCC2)N(C)C(=O)[C@H](CC(C)C)NC(=O)[C@@H](CCC(=O)O)N(C)C1=O. The molecule has 27 heteroatoms. The van der Waals surface area contributed by atoms with E-state index in [0.29, 0.717) is 56.3 Å². The summed E-state index contributed by atoms with van der Waals surface area (Å²) in [5, 5.41) is 21.3. The van der Waals surface area contributed by atoms with Crippen LogP contribution in [-0.4, -0.2) is 252 Å². The number of aryl methyl sites for hydroxylation is 1. The molecule has 2 aromatic rings. The summed E-state index contributed by atoms with van der Waals surface area (Å²) < 4.78 is 0.815. The summed E-state index contributed by atoms with van der Waals surface area (Å²) in [7, 11) is 9.56. The molecule has 0 radical (unpaired) electrons. The molecule has 2 fully saturated rings. The Morgan fingerprint density at radius 2 is 1.13 bits per heavy atom. The molecule has 2 aromatic carbocycles. The van der Waals surface area contributed by atoms with Gasteiger partial charge in [0.25, 0.3) is 0 Å². The van der Waals surface area contributed by atoms with E-state index >= 15 is 9.59 Å². The molecule has 0 spiro atoms. The van der Waals surface area contributed by atoms with Gasteiger partial charge in [-0.3, -0.25) is 62.3 Å². The molecule has 26 nitrogen and oxygen atoms in total. The average molecular weight is 1470 g/mol. The number of carbonyl (C=O) groups is 13. The maximum absolute atomic E-state index is 15.2. The first kappa shape index (κ1) is 81.7. The van der Waals surface area contributed by atoms with Crippen LogP contribution in [0.4, 0.5) is 0 Å². The second-order valence-electron chi connectivity index (χ2n) is 27.2. The van der Waals surface area contributed by atoms with Gasteiger partial charge in [-0.15, -0.1) is 0 Å². The number of hydrogen-bond acceptors (Lipinski definition) is 13. The standard InChI is InChI=1S/C70H107IN12O14/c1-16-18-25-50-66(93)81(14)53(30-31-61(88)89)64(91)74-52(34-43(3)4)67(94)82(15)56(69(96)83-32-20-19-21-33-83)39-58(85)79(12)54(35-44(5)6)65(92)75-62(46(8)17-2)70(97)78(11)41-59(86)76(9)42-60(87)80(13)55(38-47-28-26-45(7)27-29-47)68(95)77(10)40-57(84)72-51(63(90)73-50)37-48-23-22-24-49(71)36-48/h22-24,26-29,36,43-44,46,50-56,62H,16-21,25,30-35,37-42H2,1-15H3,(H,72,84)(H,73,90)(H,74,91)(H,75,92)(H,88,89)/t46-,50-,51-,52-,53+,54-,55+,56-,62-/m0/s1. The summed E-state index contributed by atoms with van der Waals surface area (Å²) in [5.41, 5.74) is 2.23. The van der Waals surface area contributed by atoms with Crippen LogP contribution in [0.1, 0.15) is 142 Å². The molecule has 2 aliphatic heterocycles. The minimum absolute atomic E-state index is 0.0130. The molecule has 4 rings (SSSR count). The first-order valence-electron chi connectivity index (χ1n) is 33.9. The van der Waals surface area contributed by atoms with E-state index in [1.807, 2.05) is 52.8 Å². The number of piperidine rings is 1. The van der Waals surface area contributed by atoms with Gasteiger partial charge in [-0.1, -0.05) is 110 Å². The Labute approximate surface area is 586 Å². The van der Waals surface area contributed by atoms with Crippen molar-refractivity contribution in [3.8, 4) is 0 Å². The number of carboxylic acids is 1. The summed E-state index contributed by atoms with van der Waals surface area (Å²) in [4.78, 5) is 198. The third kappa shape index (κ3) is 24.6. The predicted molar refractivity (Wildman–Crippen MR) is 374 cm³/mol. The number of hydrogen-bond donors (Lipinski definition) is 5. The van der Waals surface area contributed by atoms with Gasteiger partial charge in [-0.25, -0.2) is 0 Å². The highest BCUT2D eigenvalue weighted by Crippen LogP contribution is 2.23. The number of nitrogens with zero attached hydrogens (tertiary/aromatic N) is 8. The van der Waals surface area contributed by atoms with Crippen LogP contribution < -0.4 is 21.3 Å². The van der Waals surface area contributed by atoms with E-state index in [1.165, 1.54) is 59.1 Å². The Balaban J connectivity index is 1.92. The summed E-state index contributed by atoms with van der Waals surface area (Å²) in [6.07, 6.45) is 1.87. The van der Waals surface area contributed by atoms with Crippen LogP contribution in [0.3, 0.4) is 0 Å². The number of carboxylic acid groups (broad SMARTS) is 1. The minimum atomic E-state index is -1.55. The highest BCUT2D eigenvalue weighted by Gasteiger charge is 2.42. The van der Waals surface area contributed by atoms with Gasteiger partial charge < -0.3 is 65.6 Å². The Bertz CT molecular complexity index is 3090. The lowest BCUT2D eigenvalue weighted by molar-refractivity contribution is -0.151. The summed E-state index contributed by atoms with van der Waals surface area (Å²) in [6, 6.07) is 3.64. The van der Waals surface area contributed by atoms with Crippen molar-refractivity contribution in [1.29, 1.82) is 0 Å². The summed E-state index contributed by atoms with van der Waals surface area (Å²) in [6.45, 7) is 13.6. The number of benzene rings is 2. The zero-order valence-corrected chi connectivity index (χ0v) is 61.8. The van der Waals surface area contributed by atoms with Crippen LogP contribution >= 0.6 is 22.6 Å². The van der Waals surface area contributed by atoms with Crippen LogP contribution in [0.25, 0.3) is 0 Å². The molecular formula is C70H107IN12O14. The topological polar surface area (TPSA) is 316 Å². The smallest absolute Gasteiger partial charge is 0.303 e. The van der Waals surface area contributed by atoms with Gasteiger partial charge in [-0.2, -0.15) is 0 Å². The van der Waals surface area contributed by atoms with Crippen molar-refractivity contribution < 1.29 is 67.4 Å². The second kappa shape index (κ2) is 39.0. The molecule has 5 N–H and O–H groups in total. The fourth-order valence-electron chi connectivity index (χ4n) is 11.9. The first-order chi connectivity index (χ1) is 45.6. The molecule has 0 saturated carbocycles. The number of carbonyl (C=O) groups excluding carboxylic acids is 12. The first-order valence-corrected chi connectivity index (χ1v) is 35.0. The van der Waals surface area contributed by atoms with Crippen LogP contribution in [0.5, 0.6) is 0 Å². The van der Waals surface area contributed by atoms with Crippen LogP contribution in [0, 0.1) is 28.2 Å². The lowest BCUT2D eigenvalue weighted by Crippen LogP contribution is -2.61. The average Bonchev–Trinajstić information content (AvgIpc) is 0.844. The lowest BCUT2D eigenvalue weighted by atomic mass is 9.95. The third-order valence-electron chi connectivity index (χ3n) is 18.3. The Morgan fingerprint density at radius 3 is 1.72 bits per heavy atom. The quantitative estimate of drug-likeness (QED) is 0.141. The number of likely N-dealkylation sites (N-methyl/N-ethyl adjacent to an activating group) is 7. The van der Waals surface area contributed by atoms with Crippen molar-refractivity contribution >= 4 is 99.4 Å². The van der Waals surface area contributed by atoms with Crippen molar-refractivity contribution in [3.63, 3.8) is 0 Å². The van der Waals surface area contributed by atoms with Crippen molar-refractivity contribution in [2.45, 2.75) is 194 Å². The second-order valence-corrected chi connectivity index (χ2v) is 28.4. The zero-order valence-electron chi connectivity index (χ0n) is 59.6. The van der Waals surface area contributed by atoms with Gasteiger partial charge in [0.1, 0.15) is 48.3 Å². The number of rotatable bonds is 17. The number of amides is 12. The zero-order chi connectivity index (χ0) is 72.7. The van der Waals surface area contributed by atoms with Crippen LogP contribution in [0.15, 0.2) is 48.5 Å². The third-order valence-corrected chi connectivity index (χ3v) is 19.0. The number of unbranched alkanes of at least 4 members (excludes halogenated alkanes) is 1. The molecule has 2 saturated heterocycles. The molecule has 97 heavy (non-hydrogen) atoms. The van der Waals surface area contributed by atoms with Gasteiger partial charge in [-0.05, 0) is 115 Å². The summed E-state index contributed by atoms with van der Waals surface area (Å²) >= 11 is 2.11. The highest BCUT2D eigenvalue weighted by molar-refractivity contribution is 14.1. The number of nitrogens with one attached hydrogen (secondary N) is 4. The Kier molecular flexibility index (Phi) is 32.9. The predicted octanol–water partition coefficient (Wildman–Crippen LogP) is 3.62. The van der Waals surface area contributed by atoms with Crippen LogP contribution in [0.2, 0.25) is 0 Å². The van der Waals surface area contributed by atoms with Crippen molar-refractivity contribution in [2.24, 2.45) is 17.8 Å². The Hall–Kier alpha value is -7.72. The molecule has 12 amide bonds. The molecule has 0 unspecified atom stereocenters. The van der Waals surface area contributed by atoms with E-state index < -0.39 is 170 Å². The van der Waals surface area contributed by atoms with Gasteiger partial charge in [0.05, 0.1) is 26.1 Å². The molecule has 0 bridgehead atoms. The number of aliphatic carboxylic acids is 1. The van der Waals surface area contributed by atoms with E-state index in [9.17, 15) is 57.8 Å². The molecule has 2 aliphatic rings. The van der Waals surface area contributed by atoms with E-state index in [1.54, 1.807) is 56.0 Å². The van der Waals surface area contributed by atoms with Crippen molar-refractivity contribution in [3.05, 3.63) is 68.8 Å². The van der Waals surface area contributed by atoms with E-state index in [2.05, 4.69) is 43.9 Å². The van der Waals surface area contributed by atoms with Crippen molar-refractivity contribution in [1.82, 2.24) is 60.5 Å². The number of likely N-dealkylation sites (tertiary alicyclic amines) is 1. The molecule has 9 atom stereocenters. The van der Waals surface area contributed by atoms with Gasteiger partial charge in [0.15, 0.2) is 0 Å². The highest BCUT2D eigenvalue weighted by atomic mass is 127. The molecule has 538 valence electrons. The lowest BCUT2D eigenvalue weighted by Gasteiger charge is -2.38. The van der Waals surface area contributed by atoms with E-state index in [4.69, 9.17) is 0 Å². The maximum Gasteiger partial charge on any atom is 0.303 e. The largest absolute Gasteiger partial charge is 0.481 e. The molecule has 0 aliphatic carbocycles. The maximum atomic E-state index is 15.2.